The lowest BCUT2D eigenvalue weighted by atomic mass is 10.1. The summed E-state index contributed by atoms with van der Waals surface area (Å²) in [5, 5.41) is 3.59. The summed E-state index contributed by atoms with van der Waals surface area (Å²) in [6, 6.07) is 15.5. The van der Waals surface area contributed by atoms with Crippen LogP contribution in [0.5, 0.6) is 5.75 Å². The summed E-state index contributed by atoms with van der Waals surface area (Å²) < 4.78 is 5.42. The fourth-order valence-corrected chi connectivity index (χ4v) is 3.03. The number of nitrogens with one attached hydrogen (secondary N) is 1. The maximum absolute atomic E-state index is 5.42. The molecule has 3 rings (SSSR count). The van der Waals surface area contributed by atoms with Crippen LogP contribution in [0.25, 0.3) is 0 Å². The van der Waals surface area contributed by atoms with Gasteiger partial charge in [-0.3, -0.25) is 0 Å². The molecule has 1 N–H and O–H groups in total. The maximum Gasteiger partial charge on any atom is 0.120 e. The molecule has 2 aromatic carbocycles. The molecule has 1 unspecified atom stereocenters. The quantitative estimate of drug-likeness (QED) is 0.938. The van der Waals surface area contributed by atoms with Crippen molar-refractivity contribution in [2.45, 2.75) is 33.0 Å². The molecule has 1 heterocycles. The SMILES string of the molecule is COc1ccc2c(c1)N(Cc1ccccc1C)CC(C)NC2. The minimum Gasteiger partial charge on any atom is -0.497 e. The van der Waals surface area contributed by atoms with Crippen molar-refractivity contribution < 1.29 is 4.74 Å². The first-order valence-corrected chi connectivity index (χ1v) is 7.87. The molecule has 3 heteroatoms. The second-order valence-electron chi connectivity index (χ2n) is 6.08. The van der Waals surface area contributed by atoms with Crippen molar-refractivity contribution in [3.8, 4) is 5.75 Å². The highest BCUT2D eigenvalue weighted by Crippen LogP contribution is 2.30. The molecule has 0 fully saturated rings. The summed E-state index contributed by atoms with van der Waals surface area (Å²) in [4.78, 5) is 2.46. The fraction of sp³-hybridized carbons (Fsp3) is 0.368. The molecule has 0 aliphatic carbocycles. The molecule has 0 saturated carbocycles. The molecule has 0 radical (unpaired) electrons. The van der Waals surface area contributed by atoms with E-state index in [1.165, 1.54) is 22.4 Å². The third-order valence-corrected chi connectivity index (χ3v) is 4.39. The Bertz CT molecular complexity index is 654. The molecular weight excluding hydrogens is 272 g/mol. The lowest BCUT2D eigenvalue weighted by Gasteiger charge is -2.27. The largest absolute Gasteiger partial charge is 0.497 e. The molecule has 0 aromatic heterocycles. The van der Waals surface area contributed by atoms with Gasteiger partial charge in [0.05, 0.1) is 7.11 Å². The van der Waals surface area contributed by atoms with Crippen LogP contribution in [0, 0.1) is 6.92 Å². The molecule has 0 bridgehead atoms. The van der Waals surface area contributed by atoms with Crippen molar-refractivity contribution in [3.63, 3.8) is 0 Å². The number of methoxy groups -OCH3 is 1. The predicted octanol–water partition coefficient (Wildman–Crippen LogP) is 3.50. The first kappa shape index (κ1) is 14.9. The molecular formula is C19H24N2O. The first-order valence-electron chi connectivity index (χ1n) is 7.87. The molecule has 1 aliphatic rings. The zero-order chi connectivity index (χ0) is 15.5. The van der Waals surface area contributed by atoms with E-state index in [4.69, 9.17) is 4.74 Å². The van der Waals surface area contributed by atoms with Crippen molar-refractivity contribution in [2.24, 2.45) is 0 Å². The Morgan fingerprint density at radius 1 is 1.23 bits per heavy atom. The summed E-state index contributed by atoms with van der Waals surface area (Å²) >= 11 is 0. The highest BCUT2D eigenvalue weighted by Gasteiger charge is 2.20. The number of hydrogen-bond acceptors (Lipinski definition) is 3. The molecule has 0 amide bonds. The Hall–Kier alpha value is -2.00. The van der Waals surface area contributed by atoms with Crippen molar-refractivity contribution in [1.29, 1.82) is 0 Å². The van der Waals surface area contributed by atoms with Crippen LogP contribution in [0.4, 0.5) is 5.69 Å². The van der Waals surface area contributed by atoms with Crippen molar-refractivity contribution in [2.75, 3.05) is 18.6 Å². The summed E-state index contributed by atoms with van der Waals surface area (Å²) in [5.74, 6) is 0.920. The van der Waals surface area contributed by atoms with E-state index in [0.717, 1.165) is 25.4 Å². The summed E-state index contributed by atoms with van der Waals surface area (Å²) in [7, 11) is 1.73. The van der Waals surface area contributed by atoms with E-state index in [2.05, 4.69) is 60.5 Å². The highest BCUT2D eigenvalue weighted by molar-refractivity contribution is 5.58. The van der Waals surface area contributed by atoms with Crippen LogP contribution in [0.3, 0.4) is 0 Å². The minimum atomic E-state index is 0.461. The molecule has 3 nitrogen and oxygen atoms in total. The third-order valence-electron chi connectivity index (χ3n) is 4.39. The number of hydrogen-bond donors (Lipinski definition) is 1. The number of ether oxygens (including phenoxy) is 1. The van der Waals surface area contributed by atoms with E-state index < -0.39 is 0 Å². The van der Waals surface area contributed by atoms with Crippen LogP contribution < -0.4 is 15.0 Å². The van der Waals surface area contributed by atoms with Crippen LogP contribution in [0.15, 0.2) is 42.5 Å². The second kappa shape index (κ2) is 6.41. The molecule has 22 heavy (non-hydrogen) atoms. The van der Waals surface area contributed by atoms with Gasteiger partial charge in [-0.25, -0.2) is 0 Å². The van der Waals surface area contributed by atoms with Crippen LogP contribution in [0.1, 0.15) is 23.6 Å². The Morgan fingerprint density at radius 3 is 2.82 bits per heavy atom. The third kappa shape index (κ3) is 3.09. The lowest BCUT2D eigenvalue weighted by Crippen LogP contribution is -2.35. The normalized spacial score (nSPS) is 17.8. The van der Waals surface area contributed by atoms with Gasteiger partial charge in [-0.2, -0.15) is 0 Å². The van der Waals surface area contributed by atoms with Gasteiger partial charge in [0, 0.05) is 37.4 Å². The van der Waals surface area contributed by atoms with Crippen molar-refractivity contribution in [3.05, 3.63) is 59.2 Å². The molecule has 0 spiro atoms. The Morgan fingerprint density at radius 2 is 2.05 bits per heavy atom. The topological polar surface area (TPSA) is 24.5 Å². The number of rotatable bonds is 3. The maximum atomic E-state index is 5.42. The van der Waals surface area contributed by atoms with Gasteiger partial charge in [0.2, 0.25) is 0 Å². The second-order valence-corrected chi connectivity index (χ2v) is 6.08. The van der Waals surface area contributed by atoms with E-state index in [1.54, 1.807) is 7.11 Å². The summed E-state index contributed by atoms with van der Waals surface area (Å²) in [5.41, 5.74) is 5.33. The van der Waals surface area contributed by atoms with Gasteiger partial charge in [-0.1, -0.05) is 30.3 Å². The van der Waals surface area contributed by atoms with Gasteiger partial charge in [-0.05, 0) is 36.6 Å². The zero-order valence-corrected chi connectivity index (χ0v) is 13.6. The molecule has 1 aliphatic heterocycles. The van der Waals surface area contributed by atoms with Gasteiger partial charge in [0.15, 0.2) is 0 Å². The van der Waals surface area contributed by atoms with Gasteiger partial charge in [0.25, 0.3) is 0 Å². The Labute approximate surface area is 132 Å². The van der Waals surface area contributed by atoms with Crippen molar-refractivity contribution in [1.82, 2.24) is 5.32 Å². The lowest BCUT2D eigenvalue weighted by molar-refractivity contribution is 0.414. The average Bonchev–Trinajstić information content (AvgIpc) is 2.68. The van der Waals surface area contributed by atoms with E-state index in [0.29, 0.717) is 6.04 Å². The molecule has 116 valence electrons. The van der Waals surface area contributed by atoms with Gasteiger partial charge in [-0.15, -0.1) is 0 Å². The van der Waals surface area contributed by atoms with E-state index >= 15 is 0 Å². The monoisotopic (exact) mass is 296 g/mol. The smallest absolute Gasteiger partial charge is 0.120 e. The summed E-state index contributed by atoms with van der Waals surface area (Å²) in [6.07, 6.45) is 0. The first-order chi connectivity index (χ1) is 10.7. The number of benzene rings is 2. The van der Waals surface area contributed by atoms with Gasteiger partial charge >= 0.3 is 0 Å². The van der Waals surface area contributed by atoms with E-state index in [9.17, 15) is 0 Å². The molecule has 0 saturated heterocycles. The average molecular weight is 296 g/mol. The summed E-state index contributed by atoms with van der Waals surface area (Å²) in [6.45, 7) is 7.26. The highest BCUT2D eigenvalue weighted by atomic mass is 16.5. The van der Waals surface area contributed by atoms with Gasteiger partial charge in [0.1, 0.15) is 5.75 Å². The number of anilines is 1. The van der Waals surface area contributed by atoms with Crippen LogP contribution in [0.2, 0.25) is 0 Å². The van der Waals surface area contributed by atoms with Crippen LogP contribution >= 0.6 is 0 Å². The fourth-order valence-electron chi connectivity index (χ4n) is 3.03. The van der Waals surface area contributed by atoms with E-state index in [1.807, 2.05) is 6.07 Å². The van der Waals surface area contributed by atoms with Crippen LogP contribution in [-0.4, -0.2) is 19.7 Å². The molecule has 1 atom stereocenters. The minimum absolute atomic E-state index is 0.461. The molecule has 2 aromatic rings. The van der Waals surface area contributed by atoms with Gasteiger partial charge < -0.3 is 15.0 Å². The number of nitrogens with zero attached hydrogens (tertiary/aromatic N) is 1. The van der Waals surface area contributed by atoms with E-state index in [-0.39, 0.29) is 0 Å². The number of aryl methyl sites for hydroxylation is 1. The Kier molecular flexibility index (Phi) is 4.34. The number of fused-ring (bicyclic) bond motifs is 1. The Balaban J connectivity index is 1.97. The van der Waals surface area contributed by atoms with Crippen LogP contribution in [-0.2, 0) is 13.1 Å². The standard InChI is InChI=1S/C19H24N2O/c1-14-6-4-5-7-17(14)13-21-12-15(2)20-11-16-8-9-18(22-3)10-19(16)21/h4-10,15,20H,11-13H2,1-3H3. The predicted molar refractivity (Wildman–Crippen MR) is 91.5 cm³/mol. The van der Waals surface area contributed by atoms with Crippen molar-refractivity contribution >= 4 is 5.69 Å². The zero-order valence-electron chi connectivity index (χ0n) is 13.6.